The molecule has 0 spiro atoms. The van der Waals surface area contributed by atoms with Crippen LogP contribution in [0.5, 0.6) is 0 Å². The maximum Gasteiger partial charge on any atom is 0.123 e. The van der Waals surface area contributed by atoms with Gasteiger partial charge in [-0.05, 0) is 43.7 Å². The number of hydrogen-bond donors (Lipinski definition) is 1. The molecule has 0 aliphatic rings. The van der Waals surface area contributed by atoms with Crippen LogP contribution in [0, 0.1) is 13.8 Å². The van der Waals surface area contributed by atoms with E-state index in [0.717, 1.165) is 27.8 Å². The van der Waals surface area contributed by atoms with Crippen molar-refractivity contribution in [3.8, 4) is 0 Å². The van der Waals surface area contributed by atoms with Gasteiger partial charge < -0.3 is 9.73 Å². The van der Waals surface area contributed by atoms with Crippen molar-refractivity contribution in [2.24, 2.45) is 0 Å². The molecule has 1 N–H and O–H groups in total. The van der Waals surface area contributed by atoms with Gasteiger partial charge in [-0.3, -0.25) is 0 Å². The Balaban J connectivity index is 2.04. The zero-order chi connectivity index (χ0) is 11.5. The fourth-order valence-corrected chi connectivity index (χ4v) is 1.83. The maximum absolute atomic E-state index is 6.11. The number of anilines is 1. The smallest absolute Gasteiger partial charge is 0.123 e. The van der Waals surface area contributed by atoms with Crippen LogP contribution in [-0.4, -0.2) is 0 Å². The van der Waals surface area contributed by atoms with Crippen molar-refractivity contribution in [3.63, 3.8) is 0 Å². The first-order valence-electron chi connectivity index (χ1n) is 5.20. The minimum absolute atomic E-state index is 0.649. The molecular weight excluding hydrogens is 222 g/mol. The molecule has 0 unspecified atom stereocenters. The van der Waals surface area contributed by atoms with E-state index in [2.05, 4.69) is 5.32 Å². The van der Waals surface area contributed by atoms with E-state index >= 15 is 0 Å². The average molecular weight is 236 g/mol. The lowest BCUT2D eigenvalue weighted by atomic mass is 10.2. The predicted molar refractivity (Wildman–Crippen MR) is 67.0 cm³/mol. The van der Waals surface area contributed by atoms with Crippen LogP contribution < -0.4 is 5.32 Å². The molecule has 0 aliphatic heterocycles. The molecule has 0 fully saturated rings. The number of aryl methyl sites for hydroxylation is 2. The Morgan fingerprint density at radius 3 is 2.62 bits per heavy atom. The van der Waals surface area contributed by atoms with Crippen LogP contribution in [0.3, 0.4) is 0 Å². The van der Waals surface area contributed by atoms with Gasteiger partial charge in [0.15, 0.2) is 0 Å². The molecule has 0 amide bonds. The molecule has 1 heterocycles. The van der Waals surface area contributed by atoms with Crippen LogP contribution in [0.4, 0.5) is 5.69 Å². The Bertz CT molecular complexity index is 490. The Morgan fingerprint density at radius 2 is 2.00 bits per heavy atom. The van der Waals surface area contributed by atoms with Crippen molar-refractivity contribution in [2.45, 2.75) is 20.4 Å². The molecular formula is C13H14ClNO. The summed E-state index contributed by atoms with van der Waals surface area (Å²) in [6, 6.07) is 9.87. The molecule has 2 rings (SSSR count). The summed E-state index contributed by atoms with van der Waals surface area (Å²) in [5.41, 5.74) is 2.09. The zero-order valence-corrected chi connectivity index (χ0v) is 10.1. The first-order valence-corrected chi connectivity index (χ1v) is 5.58. The summed E-state index contributed by atoms with van der Waals surface area (Å²) < 4.78 is 5.46. The molecule has 1 aromatic heterocycles. The van der Waals surface area contributed by atoms with Crippen molar-refractivity contribution in [1.82, 2.24) is 0 Å². The fraction of sp³-hybridized carbons (Fsp3) is 0.231. The van der Waals surface area contributed by atoms with Gasteiger partial charge in [0.2, 0.25) is 0 Å². The van der Waals surface area contributed by atoms with Gasteiger partial charge in [0, 0.05) is 0 Å². The topological polar surface area (TPSA) is 25.2 Å². The van der Waals surface area contributed by atoms with Gasteiger partial charge in [-0.25, -0.2) is 0 Å². The number of rotatable bonds is 3. The third-order valence-electron chi connectivity index (χ3n) is 2.37. The molecule has 3 heteroatoms. The molecule has 0 radical (unpaired) electrons. The molecule has 0 atom stereocenters. The highest BCUT2D eigenvalue weighted by molar-refractivity contribution is 6.33. The first kappa shape index (κ1) is 11.1. The third-order valence-corrected chi connectivity index (χ3v) is 2.69. The average Bonchev–Trinajstić information content (AvgIpc) is 2.63. The Kier molecular flexibility index (Phi) is 3.20. The highest BCUT2D eigenvalue weighted by Gasteiger charge is 2.02. The molecule has 2 aromatic rings. The van der Waals surface area contributed by atoms with E-state index in [9.17, 15) is 0 Å². The number of benzene rings is 1. The summed E-state index contributed by atoms with van der Waals surface area (Å²) in [5.74, 6) is 1.83. The first-order chi connectivity index (χ1) is 7.65. The van der Waals surface area contributed by atoms with Crippen molar-refractivity contribution in [2.75, 3.05) is 5.32 Å². The Morgan fingerprint density at radius 1 is 1.19 bits per heavy atom. The second-order valence-electron chi connectivity index (χ2n) is 3.85. The van der Waals surface area contributed by atoms with Crippen LogP contribution in [-0.2, 0) is 6.54 Å². The second-order valence-corrected chi connectivity index (χ2v) is 4.26. The normalized spacial score (nSPS) is 10.4. The third kappa shape index (κ3) is 2.58. The minimum atomic E-state index is 0.649. The van der Waals surface area contributed by atoms with Crippen molar-refractivity contribution >= 4 is 17.3 Å². The Labute approximate surface area is 100 Å². The lowest BCUT2D eigenvalue weighted by molar-refractivity contribution is 0.490. The number of furan rings is 1. The van der Waals surface area contributed by atoms with Gasteiger partial charge in [-0.1, -0.05) is 17.7 Å². The van der Waals surface area contributed by atoms with Crippen LogP contribution in [0.2, 0.25) is 5.02 Å². The maximum atomic E-state index is 6.11. The SMILES string of the molecule is Cc1ccc(NCc2ccc(C)o2)c(Cl)c1. The number of halogens is 1. The number of nitrogens with one attached hydrogen (secondary N) is 1. The van der Waals surface area contributed by atoms with Gasteiger partial charge in [0.25, 0.3) is 0 Å². The van der Waals surface area contributed by atoms with Crippen molar-refractivity contribution in [3.05, 3.63) is 52.4 Å². The molecule has 0 bridgehead atoms. The summed E-state index contributed by atoms with van der Waals surface area (Å²) in [6.07, 6.45) is 0. The lowest BCUT2D eigenvalue weighted by Gasteiger charge is -2.07. The largest absolute Gasteiger partial charge is 0.465 e. The lowest BCUT2D eigenvalue weighted by Crippen LogP contribution is -1.98. The molecule has 1 aromatic carbocycles. The van der Waals surface area contributed by atoms with Gasteiger partial charge >= 0.3 is 0 Å². The minimum Gasteiger partial charge on any atom is -0.465 e. The second kappa shape index (κ2) is 4.62. The van der Waals surface area contributed by atoms with E-state index in [1.165, 1.54) is 0 Å². The van der Waals surface area contributed by atoms with E-state index in [1.807, 2.05) is 44.2 Å². The van der Waals surface area contributed by atoms with Crippen LogP contribution in [0.15, 0.2) is 34.7 Å². The van der Waals surface area contributed by atoms with Crippen molar-refractivity contribution < 1.29 is 4.42 Å². The summed E-state index contributed by atoms with van der Waals surface area (Å²) in [4.78, 5) is 0. The van der Waals surface area contributed by atoms with E-state index in [-0.39, 0.29) is 0 Å². The summed E-state index contributed by atoms with van der Waals surface area (Å²) in [6.45, 7) is 4.60. The fourth-order valence-electron chi connectivity index (χ4n) is 1.53. The van der Waals surface area contributed by atoms with Crippen molar-refractivity contribution in [1.29, 1.82) is 0 Å². The molecule has 16 heavy (non-hydrogen) atoms. The Hall–Kier alpha value is -1.41. The predicted octanol–water partition coefficient (Wildman–Crippen LogP) is 4.16. The van der Waals surface area contributed by atoms with Crippen LogP contribution in [0.1, 0.15) is 17.1 Å². The quantitative estimate of drug-likeness (QED) is 0.864. The highest BCUT2D eigenvalue weighted by atomic mass is 35.5. The van der Waals surface area contributed by atoms with Crippen LogP contribution in [0.25, 0.3) is 0 Å². The number of hydrogen-bond acceptors (Lipinski definition) is 2. The molecule has 0 saturated carbocycles. The highest BCUT2D eigenvalue weighted by Crippen LogP contribution is 2.23. The van der Waals surface area contributed by atoms with E-state index < -0.39 is 0 Å². The van der Waals surface area contributed by atoms with Gasteiger partial charge in [-0.2, -0.15) is 0 Å². The monoisotopic (exact) mass is 235 g/mol. The van der Waals surface area contributed by atoms with Gasteiger partial charge in [0.1, 0.15) is 11.5 Å². The molecule has 84 valence electrons. The molecule has 2 nitrogen and oxygen atoms in total. The van der Waals surface area contributed by atoms with E-state index in [4.69, 9.17) is 16.0 Å². The van der Waals surface area contributed by atoms with Crippen LogP contribution >= 0.6 is 11.6 Å². The molecule has 0 saturated heterocycles. The van der Waals surface area contributed by atoms with E-state index in [1.54, 1.807) is 0 Å². The molecule has 0 aliphatic carbocycles. The standard InChI is InChI=1S/C13H14ClNO/c1-9-3-6-13(12(14)7-9)15-8-11-5-4-10(2)16-11/h3-7,15H,8H2,1-2H3. The van der Waals surface area contributed by atoms with Gasteiger partial charge in [0.05, 0.1) is 17.3 Å². The van der Waals surface area contributed by atoms with E-state index in [0.29, 0.717) is 6.54 Å². The summed E-state index contributed by atoms with van der Waals surface area (Å²) in [7, 11) is 0. The summed E-state index contributed by atoms with van der Waals surface area (Å²) >= 11 is 6.11. The van der Waals surface area contributed by atoms with Gasteiger partial charge in [-0.15, -0.1) is 0 Å². The summed E-state index contributed by atoms with van der Waals surface area (Å²) in [5, 5.41) is 3.98. The zero-order valence-electron chi connectivity index (χ0n) is 9.38.